The van der Waals surface area contributed by atoms with E-state index in [1.54, 1.807) is 6.07 Å². The molecule has 0 atom stereocenters. The molecule has 0 saturated heterocycles. The quantitative estimate of drug-likeness (QED) is 0.910. The standard InChI is InChI=1S/C16H19FN2/c1-11-6-12(2)8-15(7-11)19(3)16-5-4-14(17)9-13(16)10-18/h4-9H,10,18H2,1-3H3. The van der Waals surface area contributed by atoms with Gasteiger partial charge in [-0.05, 0) is 60.9 Å². The van der Waals surface area contributed by atoms with E-state index in [2.05, 4.69) is 32.0 Å². The Bertz CT molecular complexity index is 573. The number of nitrogens with two attached hydrogens (primary N) is 1. The fourth-order valence-corrected chi connectivity index (χ4v) is 2.33. The maximum atomic E-state index is 13.3. The summed E-state index contributed by atoms with van der Waals surface area (Å²) < 4.78 is 13.3. The lowest BCUT2D eigenvalue weighted by Gasteiger charge is -2.23. The van der Waals surface area contributed by atoms with E-state index in [1.807, 2.05) is 11.9 Å². The minimum absolute atomic E-state index is 0.252. The van der Waals surface area contributed by atoms with Gasteiger partial charge in [0.1, 0.15) is 5.82 Å². The van der Waals surface area contributed by atoms with Crippen LogP contribution in [0.4, 0.5) is 15.8 Å². The Hall–Kier alpha value is -1.87. The van der Waals surface area contributed by atoms with Gasteiger partial charge >= 0.3 is 0 Å². The smallest absolute Gasteiger partial charge is 0.123 e. The number of nitrogens with zero attached hydrogens (tertiary/aromatic N) is 1. The molecular formula is C16H19FN2. The molecule has 0 fully saturated rings. The lowest BCUT2D eigenvalue weighted by molar-refractivity contribution is 0.625. The average molecular weight is 258 g/mol. The predicted octanol–water partition coefficient (Wildman–Crippen LogP) is 3.67. The van der Waals surface area contributed by atoms with Gasteiger partial charge in [-0.2, -0.15) is 0 Å². The number of halogens is 1. The number of benzene rings is 2. The fraction of sp³-hybridized carbons (Fsp3) is 0.250. The first-order chi connectivity index (χ1) is 9.01. The van der Waals surface area contributed by atoms with Crippen LogP contribution in [0.15, 0.2) is 36.4 Å². The zero-order valence-corrected chi connectivity index (χ0v) is 11.6. The van der Waals surface area contributed by atoms with Crippen LogP contribution in [-0.2, 0) is 6.54 Å². The molecule has 2 aromatic carbocycles. The summed E-state index contributed by atoms with van der Waals surface area (Å²) in [5.74, 6) is -0.252. The molecule has 0 aromatic heterocycles. The van der Waals surface area contributed by atoms with Gasteiger partial charge < -0.3 is 10.6 Å². The van der Waals surface area contributed by atoms with E-state index in [0.717, 1.165) is 16.9 Å². The van der Waals surface area contributed by atoms with E-state index < -0.39 is 0 Å². The highest BCUT2D eigenvalue weighted by atomic mass is 19.1. The third-order valence-electron chi connectivity index (χ3n) is 3.22. The summed E-state index contributed by atoms with van der Waals surface area (Å²) in [7, 11) is 1.97. The molecule has 19 heavy (non-hydrogen) atoms. The number of hydrogen-bond donors (Lipinski definition) is 1. The first-order valence-corrected chi connectivity index (χ1v) is 6.32. The van der Waals surface area contributed by atoms with Gasteiger partial charge in [0.2, 0.25) is 0 Å². The normalized spacial score (nSPS) is 10.6. The molecule has 0 bridgehead atoms. The Morgan fingerprint density at radius 1 is 1.05 bits per heavy atom. The average Bonchev–Trinajstić information content (AvgIpc) is 2.36. The zero-order chi connectivity index (χ0) is 14.0. The van der Waals surface area contributed by atoms with E-state index in [4.69, 9.17) is 5.73 Å². The molecule has 0 amide bonds. The Balaban J connectivity index is 2.46. The molecule has 2 N–H and O–H groups in total. The summed E-state index contributed by atoms with van der Waals surface area (Å²) in [6, 6.07) is 11.1. The van der Waals surface area contributed by atoms with Gasteiger partial charge in [-0.15, -0.1) is 0 Å². The molecule has 0 aliphatic heterocycles. The van der Waals surface area contributed by atoms with Crippen molar-refractivity contribution in [2.45, 2.75) is 20.4 Å². The lowest BCUT2D eigenvalue weighted by atomic mass is 10.1. The number of hydrogen-bond acceptors (Lipinski definition) is 2. The van der Waals surface area contributed by atoms with Crippen molar-refractivity contribution in [1.29, 1.82) is 0 Å². The van der Waals surface area contributed by atoms with Crippen LogP contribution in [0.3, 0.4) is 0 Å². The van der Waals surface area contributed by atoms with Gasteiger partial charge in [-0.1, -0.05) is 6.07 Å². The number of rotatable bonds is 3. The summed E-state index contributed by atoms with van der Waals surface area (Å²) in [5, 5.41) is 0. The molecule has 0 aliphatic carbocycles. The lowest BCUT2D eigenvalue weighted by Crippen LogP contribution is -2.14. The Labute approximate surface area is 113 Å². The first kappa shape index (κ1) is 13.6. The highest BCUT2D eigenvalue weighted by Gasteiger charge is 2.10. The molecule has 0 radical (unpaired) electrons. The topological polar surface area (TPSA) is 29.3 Å². The summed E-state index contributed by atoms with van der Waals surface area (Å²) in [4.78, 5) is 2.04. The van der Waals surface area contributed by atoms with Crippen molar-refractivity contribution in [3.05, 3.63) is 58.9 Å². The third kappa shape index (κ3) is 2.93. The molecule has 2 aromatic rings. The van der Waals surface area contributed by atoms with Crippen LogP contribution in [-0.4, -0.2) is 7.05 Å². The van der Waals surface area contributed by atoms with Gasteiger partial charge in [-0.25, -0.2) is 4.39 Å². The SMILES string of the molecule is Cc1cc(C)cc(N(C)c2ccc(F)cc2CN)c1. The van der Waals surface area contributed by atoms with Crippen LogP contribution < -0.4 is 10.6 Å². The first-order valence-electron chi connectivity index (χ1n) is 6.32. The maximum Gasteiger partial charge on any atom is 0.123 e. The van der Waals surface area contributed by atoms with Crippen LogP contribution in [0.5, 0.6) is 0 Å². The van der Waals surface area contributed by atoms with Crippen LogP contribution >= 0.6 is 0 Å². The molecule has 2 rings (SSSR count). The minimum Gasteiger partial charge on any atom is -0.344 e. The van der Waals surface area contributed by atoms with Crippen molar-refractivity contribution in [3.8, 4) is 0 Å². The maximum absolute atomic E-state index is 13.3. The van der Waals surface area contributed by atoms with Crippen LogP contribution in [0, 0.1) is 19.7 Å². The van der Waals surface area contributed by atoms with Crippen LogP contribution in [0.2, 0.25) is 0 Å². The van der Waals surface area contributed by atoms with Crippen molar-refractivity contribution >= 4 is 11.4 Å². The van der Waals surface area contributed by atoms with Crippen LogP contribution in [0.25, 0.3) is 0 Å². The van der Waals surface area contributed by atoms with E-state index >= 15 is 0 Å². The fourth-order valence-electron chi connectivity index (χ4n) is 2.33. The van der Waals surface area contributed by atoms with Gasteiger partial charge in [0.15, 0.2) is 0 Å². The highest BCUT2D eigenvalue weighted by molar-refractivity contribution is 5.67. The molecule has 3 heteroatoms. The number of aryl methyl sites for hydroxylation is 2. The van der Waals surface area contributed by atoms with E-state index in [9.17, 15) is 4.39 Å². The molecule has 2 nitrogen and oxygen atoms in total. The molecule has 0 heterocycles. The predicted molar refractivity (Wildman–Crippen MR) is 78.3 cm³/mol. The largest absolute Gasteiger partial charge is 0.344 e. The van der Waals surface area contributed by atoms with Gasteiger partial charge in [0.25, 0.3) is 0 Å². The molecule has 0 spiro atoms. The molecule has 0 unspecified atom stereocenters. The number of anilines is 2. The third-order valence-corrected chi connectivity index (χ3v) is 3.22. The zero-order valence-electron chi connectivity index (χ0n) is 11.6. The van der Waals surface area contributed by atoms with Crippen molar-refractivity contribution < 1.29 is 4.39 Å². The van der Waals surface area contributed by atoms with E-state index in [-0.39, 0.29) is 5.82 Å². The second kappa shape index (κ2) is 5.41. The second-order valence-electron chi connectivity index (χ2n) is 4.88. The Morgan fingerprint density at radius 2 is 1.68 bits per heavy atom. The summed E-state index contributed by atoms with van der Waals surface area (Å²) in [6.07, 6.45) is 0. The van der Waals surface area contributed by atoms with Crippen molar-refractivity contribution in [2.75, 3.05) is 11.9 Å². The molecule has 100 valence electrons. The van der Waals surface area contributed by atoms with Crippen molar-refractivity contribution in [2.24, 2.45) is 5.73 Å². The Morgan fingerprint density at radius 3 is 2.26 bits per heavy atom. The summed E-state index contributed by atoms with van der Waals surface area (Å²) >= 11 is 0. The van der Waals surface area contributed by atoms with E-state index in [1.165, 1.54) is 23.3 Å². The van der Waals surface area contributed by atoms with Crippen molar-refractivity contribution in [3.63, 3.8) is 0 Å². The van der Waals surface area contributed by atoms with Crippen molar-refractivity contribution in [1.82, 2.24) is 0 Å². The second-order valence-corrected chi connectivity index (χ2v) is 4.88. The minimum atomic E-state index is -0.252. The van der Waals surface area contributed by atoms with E-state index in [0.29, 0.717) is 6.54 Å². The molecular weight excluding hydrogens is 239 g/mol. The molecule has 0 saturated carbocycles. The monoisotopic (exact) mass is 258 g/mol. The van der Waals surface area contributed by atoms with Crippen LogP contribution in [0.1, 0.15) is 16.7 Å². The van der Waals surface area contributed by atoms with Gasteiger partial charge in [0.05, 0.1) is 0 Å². The van der Waals surface area contributed by atoms with Gasteiger partial charge in [0, 0.05) is 25.0 Å². The van der Waals surface area contributed by atoms with Gasteiger partial charge in [-0.3, -0.25) is 0 Å². The Kier molecular flexibility index (Phi) is 3.86. The molecule has 0 aliphatic rings. The highest BCUT2D eigenvalue weighted by Crippen LogP contribution is 2.28. The summed E-state index contributed by atoms with van der Waals surface area (Å²) in [5.41, 5.74) is 10.9. The summed E-state index contributed by atoms with van der Waals surface area (Å²) in [6.45, 7) is 4.46.